The van der Waals surface area contributed by atoms with Crippen LogP contribution in [0.5, 0.6) is 0 Å². The third kappa shape index (κ3) is 4.80. The molecule has 0 atom stereocenters. The fourth-order valence-electron chi connectivity index (χ4n) is 1.71. The number of hydrogen-bond donors (Lipinski definition) is 3. The predicted molar refractivity (Wildman–Crippen MR) is 83.8 cm³/mol. The number of nitriles is 1. The topological polar surface area (TPSA) is 117 Å². The first-order valence-corrected chi connectivity index (χ1v) is 6.88. The van der Waals surface area contributed by atoms with Gasteiger partial charge in [-0.15, -0.1) is 0 Å². The van der Waals surface area contributed by atoms with Crippen LogP contribution < -0.4 is 11.1 Å². The Morgan fingerprint density at radius 2 is 2.17 bits per heavy atom. The zero-order chi connectivity index (χ0) is 16.5. The molecule has 0 bridgehead atoms. The zero-order valence-electron chi connectivity index (χ0n) is 12.3. The van der Waals surface area contributed by atoms with E-state index >= 15 is 0 Å². The van der Waals surface area contributed by atoms with Crippen LogP contribution >= 0.6 is 0 Å². The Balaban J connectivity index is 1.70. The van der Waals surface area contributed by atoms with Crippen molar-refractivity contribution < 1.29 is 9.53 Å². The van der Waals surface area contributed by atoms with Crippen LogP contribution in [0.2, 0.25) is 0 Å². The van der Waals surface area contributed by atoms with Crippen LogP contribution in [0.1, 0.15) is 23.2 Å². The fourth-order valence-corrected chi connectivity index (χ4v) is 1.71. The molecule has 0 saturated carbocycles. The molecule has 1 aromatic heterocycles. The van der Waals surface area contributed by atoms with Gasteiger partial charge in [-0.2, -0.15) is 10.4 Å². The number of aromatic amines is 1. The average Bonchev–Trinajstić information content (AvgIpc) is 2.93. The van der Waals surface area contributed by atoms with Crippen molar-refractivity contribution >= 4 is 11.9 Å². The minimum Gasteiger partial charge on any atom is -0.445 e. The van der Waals surface area contributed by atoms with Gasteiger partial charge in [-0.25, -0.2) is 4.79 Å². The number of nitrogen functional groups attached to an aromatic ring is 1. The molecule has 4 N–H and O–H groups in total. The van der Waals surface area contributed by atoms with Crippen LogP contribution in [0, 0.1) is 23.2 Å². The number of ether oxygens (including phenoxy) is 1. The summed E-state index contributed by atoms with van der Waals surface area (Å²) in [5, 5.41) is 17.8. The van der Waals surface area contributed by atoms with Gasteiger partial charge in [-0.05, 0) is 11.5 Å². The van der Waals surface area contributed by atoms with E-state index in [4.69, 9.17) is 15.7 Å². The zero-order valence-corrected chi connectivity index (χ0v) is 12.3. The van der Waals surface area contributed by atoms with Crippen LogP contribution in [0.15, 0.2) is 30.3 Å². The minimum absolute atomic E-state index is 0.124. The quantitative estimate of drug-likeness (QED) is 0.585. The van der Waals surface area contributed by atoms with Crippen molar-refractivity contribution in [2.24, 2.45) is 0 Å². The number of nitrogens with one attached hydrogen (secondary N) is 2. The summed E-state index contributed by atoms with van der Waals surface area (Å²) in [4.78, 5) is 11.5. The molecule has 0 saturated heterocycles. The lowest BCUT2D eigenvalue weighted by molar-refractivity contribution is 0.140. The predicted octanol–water partition coefficient (Wildman–Crippen LogP) is 1.53. The van der Waals surface area contributed by atoms with Crippen LogP contribution in [0.3, 0.4) is 0 Å². The molecule has 7 nitrogen and oxygen atoms in total. The number of H-pyrrole nitrogens is 1. The summed E-state index contributed by atoms with van der Waals surface area (Å²) < 4.78 is 5.06. The van der Waals surface area contributed by atoms with Crippen molar-refractivity contribution in [3.05, 3.63) is 47.2 Å². The van der Waals surface area contributed by atoms with E-state index in [9.17, 15) is 4.79 Å². The molecule has 1 heterocycles. The molecule has 0 aliphatic heterocycles. The molecule has 0 aliphatic carbocycles. The monoisotopic (exact) mass is 309 g/mol. The Labute approximate surface area is 133 Å². The molecular weight excluding hydrogens is 294 g/mol. The van der Waals surface area contributed by atoms with Crippen LogP contribution in [0.4, 0.5) is 10.6 Å². The number of carbonyl (C=O) groups is 1. The highest BCUT2D eigenvalue weighted by Gasteiger charge is 2.06. The fraction of sp³-hybridized carbons (Fsp3) is 0.188. The summed E-state index contributed by atoms with van der Waals surface area (Å²) in [7, 11) is 0. The first-order valence-electron chi connectivity index (χ1n) is 6.88. The van der Waals surface area contributed by atoms with Crippen molar-refractivity contribution in [1.82, 2.24) is 15.5 Å². The van der Waals surface area contributed by atoms with E-state index in [0.717, 1.165) is 5.56 Å². The summed E-state index contributed by atoms with van der Waals surface area (Å²) in [5.74, 6) is 5.70. The second-order valence-corrected chi connectivity index (χ2v) is 4.51. The third-order valence-corrected chi connectivity index (χ3v) is 2.85. The molecule has 2 rings (SSSR count). The van der Waals surface area contributed by atoms with E-state index in [1.807, 2.05) is 36.4 Å². The number of nitrogens with zero attached hydrogens (tertiary/aromatic N) is 2. The Bertz CT molecular complexity index is 765. The molecule has 0 radical (unpaired) electrons. The van der Waals surface area contributed by atoms with Gasteiger partial charge in [-0.1, -0.05) is 36.3 Å². The lowest BCUT2D eigenvalue weighted by Gasteiger charge is -2.05. The highest BCUT2D eigenvalue weighted by molar-refractivity contribution is 5.67. The number of alkyl carbamates (subject to hydrolysis) is 1. The Kier molecular flexibility index (Phi) is 5.61. The molecule has 0 unspecified atom stereocenters. The van der Waals surface area contributed by atoms with Crippen molar-refractivity contribution in [3.8, 4) is 17.9 Å². The van der Waals surface area contributed by atoms with Gasteiger partial charge in [0.1, 0.15) is 23.9 Å². The molecule has 0 aliphatic rings. The summed E-state index contributed by atoms with van der Waals surface area (Å²) >= 11 is 0. The van der Waals surface area contributed by atoms with Gasteiger partial charge in [0.25, 0.3) is 0 Å². The summed E-state index contributed by atoms with van der Waals surface area (Å²) in [5.41, 5.74) is 7.02. The summed E-state index contributed by atoms with van der Waals surface area (Å²) in [6, 6.07) is 11.3. The Hall–Kier alpha value is -3.45. The van der Waals surface area contributed by atoms with E-state index in [1.54, 1.807) is 0 Å². The maximum absolute atomic E-state index is 11.5. The SMILES string of the molecule is N#Cc1c(N)n[nH]c1C#CCCNC(=O)OCc1ccccc1. The molecule has 1 amide bonds. The molecule has 0 spiro atoms. The smallest absolute Gasteiger partial charge is 0.407 e. The number of carbonyl (C=O) groups excluding carboxylic acids is 1. The first-order chi connectivity index (χ1) is 11.2. The number of anilines is 1. The third-order valence-electron chi connectivity index (χ3n) is 2.85. The minimum atomic E-state index is -0.501. The van der Waals surface area contributed by atoms with Gasteiger partial charge in [0.15, 0.2) is 5.82 Å². The van der Waals surface area contributed by atoms with Gasteiger partial charge in [-0.3, -0.25) is 5.10 Å². The number of benzene rings is 1. The van der Waals surface area contributed by atoms with E-state index in [0.29, 0.717) is 18.7 Å². The Morgan fingerprint density at radius 3 is 2.91 bits per heavy atom. The molecule has 2 aromatic rings. The van der Waals surface area contributed by atoms with Gasteiger partial charge in [0.2, 0.25) is 0 Å². The van der Waals surface area contributed by atoms with Crippen molar-refractivity contribution in [2.75, 3.05) is 12.3 Å². The average molecular weight is 309 g/mol. The van der Waals surface area contributed by atoms with Gasteiger partial charge >= 0.3 is 6.09 Å². The number of aromatic nitrogens is 2. The Morgan fingerprint density at radius 1 is 1.39 bits per heavy atom. The second kappa shape index (κ2) is 8.11. The number of rotatable bonds is 4. The molecule has 1 aromatic carbocycles. The molecular formula is C16H15N5O2. The maximum atomic E-state index is 11.5. The van der Waals surface area contributed by atoms with Gasteiger partial charge in [0, 0.05) is 13.0 Å². The second-order valence-electron chi connectivity index (χ2n) is 4.51. The standard InChI is InChI=1S/C16H15N5O2/c17-10-13-14(20-21-15(13)18)8-4-5-9-19-16(22)23-11-12-6-2-1-3-7-12/h1-3,6-7H,5,9,11H2,(H,19,22)(H3,18,20,21). The van der Waals surface area contributed by atoms with Gasteiger partial charge in [0.05, 0.1) is 0 Å². The molecule has 116 valence electrons. The first kappa shape index (κ1) is 15.9. The largest absolute Gasteiger partial charge is 0.445 e. The van der Waals surface area contributed by atoms with Gasteiger partial charge < -0.3 is 15.8 Å². The summed E-state index contributed by atoms with van der Waals surface area (Å²) in [6.07, 6.45) is -0.0938. The maximum Gasteiger partial charge on any atom is 0.407 e. The van der Waals surface area contributed by atoms with E-state index in [1.165, 1.54) is 0 Å². The van der Waals surface area contributed by atoms with E-state index < -0.39 is 6.09 Å². The highest BCUT2D eigenvalue weighted by Crippen LogP contribution is 2.09. The van der Waals surface area contributed by atoms with Crippen LogP contribution in [-0.2, 0) is 11.3 Å². The van der Waals surface area contributed by atoms with Crippen molar-refractivity contribution in [1.29, 1.82) is 5.26 Å². The number of amides is 1. The molecule has 0 fully saturated rings. The van der Waals surface area contributed by atoms with E-state index in [-0.39, 0.29) is 18.0 Å². The van der Waals surface area contributed by atoms with Crippen LogP contribution in [0.25, 0.3) is 0 Å². The number of nitrogens with two attached hydrogens (primary N) is 1. The van der Waals surface area contributed by atoms with Crippen molar-refractivity contribution in [2.45, 2.75) is 13.0 Å². The normalized spacial score (nSPS) is 9.35. The lowest BCUT2D eigenvalue weighted by atomic mass is 10.2. The highest BCUT2D eigenvalue weighted by atomic mass is 16.5. The van der Waals surface area contributed by atoms with Crippen LogP contribution in [-0.4, -0.2) is 22.8 Å². The van der Waals surface area contributed by atoms with Crippen molar-refractivity contribution in [3.63, 3.8) is 0 Å². The molecule has 7 heteroatoms. The lowest BCUT2D eigenvalue weighted by Crippen LogP contribution is -2.24. The molecule has 23 heavy (non-hydrogen) atoms. The van der Waals surface area contributed by atoms with E-state index in [2.05, 4.69) is 27.4 Å². The number of hydrogen-bond acceptors (Lipinski definition) is 5. The summed E-state index contributed by atoms with van der Waals surface area (Å²) in [6.45, 7) is 0.559.